The summed E-state index contributed by atoms with van der Waals surface area (Å²) in [6.45, 7) is 4.71. The lowest BCUT2D eigenvalue weighted by molar-refractivity contribution is 0.177. The van der Waals surface area contributed by atoms with E-state index in [0.29, 0.717) is 0 Å². The zero-order chi connectivity index (χ0) is 8.65. The molecule has 2 nitrogen and oxygen atoms in total. The van der Waals surface area contributed by atoms with Gasteiger partial charge in [-0.15, -0.1) is 0 Å². The Morgan fingerprint density at radius 1 is 1.42 bits per heavy atom. The van der Waals surface area contributed by atoms with Crippen LogP contribution in [-0.4, -0.2) is 25.8 Å². The minimum Gasteiger partial charge on any atom is -0.378 e. The lowest BCUT2D eigenvalue weighted by Gasteiger charge is -1.97. The van der Waals surface area contributed by atoms with Gasteiger partial charge < -0.3 is 10.1 Å². The van der Waals surface area contributed by atoms with Crippen LogP contribution in [0.25, 0.3) is 0 Å². The molecule has 0 saturated heterocycles. The fourth-order valence-corrected chi connectivity index (χ4v) is 1.03. The van der Waals surface area contributed by atoms with Gasteiger partial charge in [0.2, 0.25) is 0 Å². The molecule has 1 fully saturated rings. The third-order valence-electron chi connectivity index (χ3n) is 1.91. The van der Waals surface area contributed by atoms with Crippen molar-refractivity contribution in [2.45, 2.75) is 32.2 Å². The molecule has 0 spiro atoms. The maximum Gasteiger partial charge on any atom is 0.0647 e. The highest BCUT2D eigenvalue weighted by Gasteiger charge is 2.18. The number of hydrogen-bond donors (Lipinski definition) is 1. The Morgan fingerprint density at radius 2 is 2.25 bits per heavy atom. The van der Waals surface area contributed by atoms with E-state index in [9.17, 15) is 0 Å². The zero-order valence-corrected chi connectivity index (χ0v) is 7.88. The van der Waals surface area contributed by atoms with E-state index in [4.69, 9.17) is 4.74 Å². The first-order valence-corrected chi connectivity index (χ1v) is 4.89. The van der Waals surface area contributed by atoms with Crippen molar-refractivity contribution >= 4 is 0 Å². The van der Waals surface area contributed by atoms with Crippen molar-refractivity contribution in [1.82, 2.24) is 5.32 Å². The summed E-state index contributed by atoms with van der Waals surface area (Å²) in [6.07, 6.45) is 8.16. The molecule has 0 aliphatic heterocycles. The molecule has 0 heterocycles. The van der Waals surface area contributed by atoms with Crippen molar-refractivity contribution in [2.75, 3.05) is 19.8 Å². The van der Waals surface area contributed by atoms with Gasteiger partial charge in [-0.25, -0.2) is 0 Å². The van der Waals surface area contributed by atoms with E-state index in [1.54, 1.807) is 0 Å². The van der Waals surface area contributed by atoms with E-state index in [1.165, 1.54) is 12.8 Å². The van der Waals surface area contributed by atoms with Gasteiger partial charge in [-0.3, -0.25) is 0 Å². The van der Waals surface area contributed by atoms with Crippen molar-refractivity contribution in [1.29, 1.82) is 0 Å². The van der Waals surface area contributed by atoms with Crippen LogP contribution < -0.4 is 5.32 Å². The molecular formula is C10H19NO. The first-order chi connectivity index (χ1) is 5.93. The second-order valence-corrected chi connectivity index (χ2v) is 3.15. The van der Waals surface area contributed by atoms with Gasteiger partial charge in [-0.1, -0.05) is 12.2 Å². The first kappa shape index (κ1) is 9.75. The molecule has 1 N–H and O–H groups in total. The molecule has 1 rings (SSSR count). The molecule has 0 unspecified atom stereocenters. The average molecular weight is 169 g/mol. The van der Waals surface area contributed by atoms with Gasteiger partial charge in [0.15, 0.2) is 0 Å². The molecule has 0 bridgehead atoms. The Labute approximate surface area is 75.0 Å². The molecule has 1 aliphatic carbocycles. The molecule has 0 aromatic heterocycles. The van der Waals surface area contributed by atoms with Gasteiger partial charge in [0.05, 0.1) is 6.61 Å². The molecule has 70 valence electrons. The summed E-state index contributed by atoms with van der Waals surface area (Å²) in [7, 11) is 0. The van der Waals surface area contributed by atoms with Gasteiger partial charge in [0.1, 0.15) is 0 Å². The molecule has 12 heavy (non-hydrogen) atoms. The highest BCUT2D eigenvalue weighted by Crippen LogP contribution is 2.18. The van der Waals surface area contributed by atoms with Gasteiger partial charge in [0.25, 0.3) is 0 Å². The lowest BCUT2D eigenvalue weighted by Crippen LogP contribution is -2.16. The number of rotatable bonds is 7. The van der Waals surface area contributed by atoms with Gasteiger partial charge in [-0.05, 0) is 32.7 Å². The first-order valence-electron chi connectivity index (χ1n) is 4.89. The summed E-state index contributed by atoms with van der Waals surface area (Å²) in [4.78, 5) is 0. The second kappa shape index (κ2) is 6.21. The Bertz CT molecular complexity index is 130. The van der Waals surface area contributed by atoms with Crippen LogP contribution in [0.3, 0.4) is 0 Å². The largest absolute Gasteiger partial charge is 0.378 e. The fraction of sp³-hybridized carbons (Fsp3) is 0.800. The predicted octanol–water partition coefficient (Wildman–Crippen LogP) is 1.72. The Morgan fingerprint density at radius 3 is 2.92 bits per heavy atom. The molecule has 0 aromatic rings. The van der Waals surface area contributed by atoms with Crippen LogP contribution in [0.5, 0.6) is 0 Å². The molecule has 0 amide bonds. The van der Waals surface area contributed by atoms with Gasteiger partial charge in [-0.2, -0.15) is 0 Å². The molecule has 1 saturated carbocycles. The molecule has 2 heteroatoms. The van der Waals surface area contributed by atoms with E-state index in [1.807, 2.05) is 6.92 Å². The van der Waals surface area contributed by atoms with Crippen molar-refractivity contribution in [2.24, 2.45) is 0 Å². The topological polar surface area (TPSA) is 21.3 Å². The lowest BCUT2D eigenvalue weighted by atomic mass is 10.4. The maximum atomic E-state index is 5.17. The van der Waals surface area contributed by atoms with Crippen molar-refractivity contribution in [3.63, 3.8) is 0 Å². The molecular weight excluding hydrogens is 150 g/mol. The predicted molar refractivity (Wildman–Crippen MR) is 51.3 cm³/mol. The highest BCUT2D eigenvalue weighted by molar-refractivity contribution is 4.85. The number of nitrogens with one attached hydrogen (secondary N) is 1. The average Bonchev–Trinajstić information content (AvgIpc) is 2.87. The van der Waals surface area contributed by atoms with E-state index in [0.717, 1.165) is 32.2 Å². The number of hydrogen-bond acceptors (Lipinski definition) is 2. The van der Waals surface area contributed by atoms with E-state index >= 15 is 0 Å². The summed E-state index contributed by atoms with van der Waals surface area (Å²) in [5.41, 5.74) is 0. The highest BCUT2D eigenvalue weighted by atomic mass is 16.5. The standard InChI is InChI=1S/C10H19NO/c1-2-12-9-5-3-4-8-11-10-6-7-10/h3,5,10-11H,2,4,6-9H2,1H3. The Balaban J connectivity index is 1.76. The monoisotopic (exact) mass is 169 g/mol. The van der Waals surface area contributed by atoms with Gasteiger partial charge in [0, 0.05) is 12.6 Å². The Hall–Kier alpha value is -0.340. The molecule has 0 aromatic carbocycles. The summed E-state index contributed by atoms with van der Waals surface area (Å²) in [6, 6.07) is 0.838. The summed E-state index contributed by atoms with van der Waals surface area (Å²) < 4.78 is 5.17. The Kier molecular flexibility index (Phi) is 5.04. The van der Waals surface area contributed by atoms with Crippen molar-refractivity contribution < 1.29 is 4.74 Å². The minimum atomic E-state index is 0.764. The van der Waals surface area contributed by atoms with Crippen LogP contribution in [-0.2, 0) is 4.74 Å². The zero-order valence-electron chi connectivity index (χ0n) is 7.88. The minimum absolute atomic E-state index is 0.764. The van der Waals surface area contributed by atoms with Crippen LogP contribution in [0.15, 0.2) is 12.2 Å². The van der Waals surface area contributed by atoms with Crippen LogP contribution in [0.2, 0.25) is 0 Å². The third kappa shape index (κ3) is 5.33. The molecule has 0 atom stereocenters. The molecule has 0 radical (unpaired) electrons. The number of ether oxygens (including phenoxy) is 1. The van der Waals surface area contributed by atoms with Crippen LogP contribution in [0.4, 0.5) is 0 Å². The van der Waals surface area contributed by atoms with Crippen molar-refractivity contribution in [3.05, 3.63) is 12.2 Å². The quantitative estimate of drug-likeness (QED) is 0.463. The van der Waals surface area contributed by atoms with Crippen LogP contribution in [0.1, 0.15) is 26.2 Å². The van der Waals surface area contributed by atoms with Crippen LogP contribution in [0, 0.1) is 0 Å². The van der Waals surface area contributed by atoms with Crippen LogP contribution >= 0.6 is 0 Å². The summed E-state index contributed by atoms with van der Waals surface area (Å²) in [5.74, 6) is 0. The fourth-order valence-electron chi connectivity index (χ4n) is 1.03. The van der Waals surface area contributed by atoms with E-state index < -0.39 is 0 Å². The van der Waals surface area contributed by atoms with Gasteiger partial charge >= 0.3 is 0 Å². The summed E-state index contributed by atoms with van der Waals surface area (Å²) >= 11 is 0. The maximum absolute atomic E-state index is 5.17. The van der Waals surface area contributed by atoms with Crippen molar-refractivity contribution in [3.8, 4) is 0 Å². The normalized spacial score (nSPS) is 17.4. The second-order valence-electron chi connectivity index (χ2n) is 3.15. The molecule has 1 aliphatic rings. The smallest absolute Gasteiger partial charge is 0.0647 e. The van der Waals surface area contributed by atoms with E-state index in [2.05, 4.69) is 17.5 Å². The SMILES string of the molecule is CCOCC=CCCNC1CC1. The van der Waals surface area contributed by atoms with E-state index in [-0.39, 0.29) is 0 Å². The summed E-state index contributed by atoms with van der Waals surface area (Å²) in [5, 5.41) is 3.46. The third-order valence-corrected chi connectivity index (χ3v) is 1.91.